The molecule has 0 saturated carbocycles. The molecule has 0 atom stereocenters. The van der Waals surface area contributed by atoms with Crippen LogP contribution in [-0.4, -0.2) is 30.1 Å². The Hall–Kier alpha value is -1.82. The Kier molecular flexibility index (Phi) is 5.57. The van der Waals surface area contributed by atoms with Gasteiger partial charge in [0.1, 0.15) is 0 Å². The summed E-state index contributed by atoms with van der Waals surface area (Å²) in [4.78, 5) is 23.3. The van der Waals surface area contributed by atoms with Gasteiger partial charge in [0, 0.05) is 17.1 Å². The Bertz CT molecular complexity index is 515. The second kappa shape index (κ2) is 6.94. The molecule has 3 N–H and O–H groups in total. The Balaban J connectivity index is 2.98. The number of benzene rings is 1. The normalized spacial score (nSPS) is 10.6. The zero-order valence-corrected chi connectivity index (χ0v) is 12.1. The summed E-state index contributed by atoms with van der Waals surface area (Å²) in [7, 11) is 0. The van der Waals surface area contributed by atoms with Crippen LogP contribution in [0.3, 0.4) is 0 Å². The van der Waals surface area contributed by atoms with Gasteiger partial charge in [0.2, 0.25) is 5.91 Å². The van der Waals surface area contributed by atoms with E-state index < -0.39 is 11.9 Å². The minimum atomic E-state index is -0.996. The molecule has 0 heterocycles. The number of anilines is 1. The van der Waals surface area contributed by atoms with E-state index >= 15 is 0 Å². The molecule has 0 spiro atoms. The number of halogens is 1. The zero-order chi connectivity index (χ0) is 14.4. The Morgan fingerprint density at radius 2 is 2.16 bits per heavy atom. The van der Waals surface area contributed by atoms with E-state index in [4.69, 9.17) is 10.8 Å². The van der Waals surface area contributed by atoms with Gasteiger partial charge in [-0.15, -0.1) is 0 Å². The molecule has 1 rings (SSSR count). The van der Waals surface area contributed by atoms with Crippen LogP contribution >= 0.6 is 15.9 Å². The van der Waals surface area contributed by atoms with E-state index in [0.29, 0.717) is 6.54 Å². The highest BCUT2D eigenvalue weighted by atomic mass is 79.9. The van der Waals surface area contributed by atoms with Crippen LogP contribution in [0.1, 0.15) is 12.5 Å². The quantitative estimate of drug-likeness (QED) is 0.781. The molecule has 102 valence electrons. The van der Waals surface area contributed by atoms with Crippen LogP contribution in [0.4, 0.5) is 5.69 Å². The van der Waals surface area contributed by atoms with Crippen molar-refractivity contribution in [1.29, 1.82) is 0 Å². The molecule has 0 unspecified atom stereocenters. The van der Waals surface area contributed by atoms with Crippen molar-refractivity contribution >= 4 is 39.6 Å². The molecule has 0 saturated heterocycles. The van der Waals surface area contributed by atoms with Crippen molar-refractivity contribution in [3.05, 3.63) is 34.3 Å². The number of rotatable bonds is 6. The van der Waals surface area contributed by atoms with Gasteiger partial charge >= 0.3 is 5.97 Å². The van der Waals surface area contributed by atoms with Gasteiger partial charge in [0.05, 0.1) is 12.2 Å². The number of carboxylic acids is 1. The van der Waals surface area contributed by atoms with Crippen LogP contribution in [0, 0.1) is 0 Å². The standard InChI is InChI=1S/C13H15BrN2O3/c1-2-16(8-12(15)17)11-5-3-9(7-10(11)14)4-6-13(18)19/h3-7H,2,8H2,1H3,(H2,15,17)(H,18,19)/b6-4+. The molecule has 5 nitrogen and oxygen atoms in total. The van der Waals surface area contributed by atoms with E-state index in [0.717, 1.165) is 21.8 Å². The first-order valence-electron chi connectivity index (χ1n) is 5.67. The first kappa shape index (κ1) is 15.2. The number of amides is 1. The second-order valence-corrected chi connectivity index (χ2v) is 4.72. The number of nitrogens with two attached hydrogens (primary N) is 1. The fourth-order valence-electron chi connectivity index (χ4n) is 1.61. The van der Waals surface area contributed by atoms with E-state index in [9.17, 15) is 9.59 Å². The highest BCUT2D eigenvalue weighted by Gasteiger charge is 2.10. The first-order valence-corrected chi connectivity index (χ1v) is 6.47. The Labute approximate surface area is 119 Å². The predicted molar refractivity (Wildman–Crippen MR) is 77.9 cm³/mol. The minimum Gasteiger partial charge on any atom is -0.478 e. The molecule has 1 aromatic rings. The van der Waals surface area contributed by atoms with Crippen LogP contribution in [-0.2, 0) is 9.59 Å². The molecule has 0 aliphatic heterocycles. The SMILES string of the molecule is CCN(CC(N)=O)c1ccc(/C=C/C(=O)O)cc1Br. The monoisotopic (exact) mass is 326 g/mol. The number of hydrogen-bond acceptors (Lipinski definition) is 3. The summed E-state index contributed by atoms with van der Waals surface area (Å²) in [6.45, 7) is 2.71. The topological polar surface area (TPSA) is 83.6 Å². The summed E-state index contributed by atoms with van der Waals surface area (Å²) in [6.07, 6.45) is 2.57. The molecule has 1 amide bonds. The average Bonchev–Trinajstić information content (AvgIpc) is 2.33. The minimum absolute atomic E-state index is 0.138. The third kappa shape index (κ3) is 4.75. The predicted octanol–water partition coefficient (Wildman–Crippen LogP) is 1.86. The van der Waals surface area contributed by atoms with Gasteiger partial charge in [-0.1, -0.05) is 6.07 Å². The summed E-state index contributed by atoms with van der Waals surface area (Å²) >= 11 is 3.41. The number of carbonyl (C=O) groups excluding carboxylic acids is 1. The molecule has 0 bridgehead atoms. The lowest BCUT2D eigenvalue weighted by molar-refractivity contribution is -0.131. The lowest BCUT2D eigenvalue weighted by Gasteiger charge is -2.22. The highest BCUT2D eigenvalue weighted by molar-refractivity contribution is 9.10. The molecular weight excluding hydrogens is 312 g/mol. The number of hydrogen-bond donors (Lipinski definition) is 2. The van der Waals surface area contributed by atoms with Crippen molar-refractivity contribution in [3.8, 4) is 0 Å². The van der Waals surface area contributed by atoms with E-state index in [-0.39, 0.29) is 6.54 Å². The Morgan fingerprint density at radius 3 is 2.63 bits per heavy atom. The summed E-state index contributed by atoms with van der Waals surface area (Å²) in [5.74, 6) is -1.40. The zero-order valence-electron chi connectivity index (χ0n) is 10.5. The molecule has 0 fully saturated rings. The van der Waals surface area contributed by atoms with Gasteiger partial charge < -0.3 is 15.7 Å². The van der Waals surface area contributed by atoms with Gasteiger partial charge in [0.15, 0.2) is 0 Å². The third-order valence-corrected chi connectivity index (χ3v) is 3.09. The molecule has 19 heavy (non-hydrogen) atoms. The fraction of sp³-hybridized carbons (Fsp3) is 0.231. The number of likely N-dealkylation sites (N-methyl/N-ethyl adjacent to an activating group) is 1. The van der Waals surface area contributed by atoms with Gasteiger partial charge in [-0.2, -0.15) is 0 Å². The lowest BCUT2D eigenvalue weighted by Crippen LogP contribution is -2.33. The first-order chi connectivity index (χ1) is 8.93. The average molecular weight is 327 g/mol. The number of aliphatic carboxylic acids is 1. The second-order valence-electron chi connectivity index (χ2n) is 3.86. The molecule has 0 aliphatic rings. The number of carbonyl (C=O) groups is 2. The van der Waals surface area contributed by atoms with E-state index in [1.165, 1.54) is 6.08 Å². The maximum Gasteiger partial charge on any atom is 0.328 e. The van der Waals surface area contributed by atoms with Crippen LogP contribution in [0.15, 0.2) is 28.7 Å². The summed E-state index contributed by atoms with van der Waals surface area (Å²) in [5.41, 5.74) is 6.79. The van der Waals surface area contributed by atoms with E-state index in [1.807, 2.05) is 17.9 Å². The van der Waals surface area contributed by atoms with Crippen molar-refractivity contribution in [2.45, 2.75) is 6.92 Å². The molecular formula is C13H15BrN2O3. The summed E-state index contributed by atoms with van der Waals surface area (Å²) in [6, 6.07) is 5.39. The van der Waals surface area contributed by atoms with Gasteiger partial charge in [-0.25, -0.2) is 4.79 Å². The fourth-order valence-corrected chi connectivity index (χ4v) is 2.25. The lowest BCUT2D eigenvalue weighted by atomic mass is 10.2. The third-order valence-electron chi connectivity index (χ3n) is 2.46. The smallest absolute Gasteiger partial charge is 0.328 e. The Morgan fingerprint density at radius 1 is 1.47 bits per heavy atom. The number of primary amides is 1. The van der Waals surface area contributed by atoms with Gasteiger partial charge in [0.25, 0.3) is 0 Å². The van der Waals surface area contributed by atoms with E-state index in [2.05, 4.69) is 15.9 Å². The highest BCUT2D eigenvalue weighted by Crippen LogP contribution is 2.27. The van der Waals surface area contributed by atoms with Crippen LogP contribution in [0.25, 0.3) is 6.08 Å². The molecule has 0 radical (unpaired) electrons. The number of nitrogens with zero attached hydrogens (tertiary/aromatic N) is 1. The van der Waals surface area contributed by atoms with Crippen molar-refractivity contribution in [3.63, 3.8) is 0 Å². The van der Waals surface area contributed by atoms with Crippen molar-refractivity contribution < 1.29 is 14.7 Å². The van der Waals surface area contributed by atoms with Crippen LogP contribution < -0.4 is 10.6 Å². The maximum absolute atomic E-state index is 11.0. The molecule has 1 aromatic carbocycles. The summed E-state index contributed by atoms with van der Waals surface area (Å²) < 4.78 is 0.781. The molecule has 0 aliphatic carbocycles. The van der Waals surface area contributed by atoms with E-state index in [1.54, 1.807) is 12.1 Å². The van der Waals surface area contributed by atoms with Gasteiger partial charge in [-0.3, -0.25) is 4.79 Å². The van der Waals surface area contributed by atoms with Crippen molar-refractivity contribution in [2.75, 3.05) is 18.0 Å². The maximum atomic E-state index is 11.0. The number of carboxylic acid groups (broad SMARTS) is 1. The summed E-state index contributed by atoms with van der Waals surface area (Å²) in [5, 5.41) is 8.57. The van der Waals surface area contributed by atoms with Crippen molar-refractivity contribution in [2.24, 2.45) is 5.73 Å². The van der Waals surface area contributed by atoms with Gasteiger partial charge in [-0.05, 0) is 46.6 Å². The molecule has 6 heteroatoms. The van der Waals surface area contributed by atoms with Crippen LogP contribution in [0.5, 0.6) is 0 Å². The molecule has 0 aromatic heterocycles. The largest absolute Gasteiger partial charge is 0.478 e. The van der Waals surface area contributed by atoms with Crippen molar-refractivity contribution in [1.82, 2.24) is 0 Å². The van der Waals surface area contributed by atoms with Crippen LogP contribution in [0.2, 0.25) is 0 Å².